The summed E-state index contributed by atoms with van der Waals surface area (Å²) in [6, 6.07) is 23.1. The number of hydrogen-bond acceptors (Lipinski definition) is 5. The molecule has 1 heterocycles. The molecule has 1 aliphatic rings. The number of carbonyl (C=O) groups is 1. The highest BCUT2D eigenvalue weighted by Gasteiger charge is 2.24. The first-order valence-electron chi connectivity index (χ1n) is 9.50. The van der Waals surface area contributed by atoms with Crippen molar-refractivity contribution in [2.45, 2.75) is 6.61 Å². The van der Waals surface area contributed by atoms with Crippen molar-refractivity contribution in [2.24, 2.45) is 4.99 Å². The Hall–Kier alpha value is -3.03. The third kappa shape index (κ3) is 5.57. The summed E-state index contributed by atoms with van der Waals surface area (Å²) in [5.74, 6) is 1.08. The minimum absolute atomic E-state index is 0.177. The van der Waals surface area contributed by atoms with Crippen LogP contribution < -0.4 is 14.8 Å². The van der Waals surface area contributed by atoms with Crippen LogP contribution >= 0.6 is 27.7 Å². The largest absolute Gasteiger partial charge is 0.493 e. The fraction of sp³-hybridized carbons (Fsp3) is 0.0833. The molecule has 0 saturated carbocycles. The smallest absolute Gasteiger partial charge is 0.264 e. The molecule has 4 rings (SSSR count). The lowest BCUT2D eigenvalue weighted by atomic mass is 10.2. The van der Waals surface area contributed by atoms with Crippen molar-refractivity contribution in [1.82, 2.24) is 5.32 Å². The van der Waals surface area contributed by atoms with Crippen LogP contribution in [0.5, 0.6) is 11.5 Å². The third-order valence-corrected chi connectivity index (χ3v) is 5.87. The van der Waals surface area contributed by atoms with Crippen molar-refractivity contribution in [2.75, 3.05) is 7.11 Å². The lowest BCUT2D eigenvalue weighted by Crippen LogP contribution is -2.19. The van der Waals surface area contributed by atoms with Crippen LogP contribution in [0.1, 0.15) is 11.1 Å². The van der Waals surface area contributed by atoms with Crippen LogP contribution in [0.25, 0.3) is 6.08 Å². The molecule has 1 aliphatic heterocycles. The van der Waals surface area contributed by atoms with Crippen molar-refractivity contribution in [1.29, 1.82) is 0 Å². The molecule has 1 amide bonds. The minimum Gasteiger partial charge on any atom is -0.493 e. The summed E-state index contributed by atoms with van der Waals surface area (Å²) >= 11 is 4.71. The molecule has 1 fully saturated rings. The van der Waals surface area contributed by atoms with Gasteiger partial charge < -0.3 is 14.8 Å². The highest BCUT2D eigenvalue weighted by atomic mass is 79.9. The zero-order chi connectivity index (χ0) is 21.6. The fourth-order valence-electron chi connectivity index (χ4n) is 2.90. The first-order valence-corrected chi connectivity index (χ1v) is 11.1. The van der Waals surface area contributed by atoms with Gasteiger partial charge in [0.1, 0.15) is 6.61 Å². The molecule has 3 aromatic rings. The van der Waals surface area contributed by atoms with Gasteiger partial charge in [0.15, 0.2) is 16.7 Å². The van der Waals surface area contributed by atoms with E-state index in [1.54, 1.807) is 7.11 Å². The number of ether oxygens (including phenoxy) is 2. The standard InChI is InChI=1S/C24H19BrN2O3S/c1-29-20-12-7-17(13-21(20)30-15-16-5-3-2-4-6-16)14-22-23(28)27-24(31-22)26-19-10-8-18(25)9-11-19/h2-14H,15H2,1H3,(H,26,27,28)/b22-14+. The zero-order valence-electron chi connectivity index (χ0n) is 16.7. The molecular weight excluding hydrogens is 476 g/mol. The lowest BCUT2D eigenvalue weighted by Gasteiger charge is -2.11. The Balaban J connectivity index is 1.52. The van der Waals surface area contributed by atoms with Crippen LogP contribution in [-0.2, 0) is 11.4 Å². The van der Waals surface area contributed by atoms with Gasteiger partial charge in [-0.1, -0.05) is 52.3 Å². The average Bonchev–Trinajstić information content (AvgIpc) is 3.13. The van der Waals surface area contributed by atoms with Gasteiger partial charge in [-0.25, -0.2) is 4.99 Å². The molecule has 5 nitrogen and oxygen atoms in total. The number of methoxy groups -OCH3 is 1. The van der Waals surface area contributed by atoms with Crippen LogP contribution in [0.3, 0.4) is 0 Å². The maximum absolute atomic E-state index is 12.4. The number of amidine groups is 1. The van der Waals surface area contributed by atoms with E-state index in [0.717, 1.165) is 21.3 Å². The maximum Gasteiger partial charge on any atom is 0.264 e. The Kier molecular flexibility index (Phi) is 6.74. The Bertz CT molecular complexity index is 1150. The molecule has 3 aromatic carbocycles. The molecule has 0 spiro atoms. The second-order valence-electron chi connectivity index (χ2n) is 6.64. The van der Waals surface area contributed by atoms with Crippen LogP contribution in [0.15, 0.2) is 87.2 Å². The number of rotatable bonds is 6. The van der Waals surface area contributed by atoms with E-state index >= 15 is 0 Å². The van der Waals surface area contributed by atoms with Crippen molar-refractivity contribution in [3.63, 3.8) is 0 Å². The van der Waals surface area contributed by atoms with E-state index in [1.165, 1.54) is 11.8 Å². The molecule has 0 radical (unpaired) electrons. The summed E-state index contributed by atoms with van der Waals surface area (Å²) in [7, 11) is 1.61. The molecule has 0 aromatic heterocycles. The summed E-state index contributed by atoms with van der Waals surface area (Å²) in [5.41, 5.74) is 2.67. The van der Waals surface area contributed by atoms with E-state index in [4.69, 9.17) is 9.47 Å². The first-order chi connectivity index (χ1) is 15.1. The highest BCUT2D eigenvalue weighted by molar-refractivity contribution is 9.10. The minimum atomic E-state index is -0.177. The summed E-state index contributed by atoms with van der Waals surface area (Å²) in [6.45, 7) is 0.427. The van der Waals surface area contributed by atoms with Crippen molar-refractivity contribution >= 4 is 50.5 Å². The number of thioether (sulfide) groups is 1. The molecule has 156 valence electrons. The number of halogens is 1. The van der Waals surface area contributed by atoms with Crippen LogP contribution in [0, 0.1) is 0 Å². The lowest BCUT2D eigenvalue weighted by molar-refractivity contribution is -0.115. The molecule has 0 atom stereocenters. The van der Waals surface area contributed by atoms with Gasteiger partial charge in [0.25, 0.3) is 5.91 Å². The molecule has 1 saturated heterocycles. The Morgan fingerprint density at radius 2 is 1.81 bits per heavy atom. The number of hydrogen-bond donors (Lipinski definition) is 1. The number of amides is 1. The number of carbonyl (C=O) groups excluding carboxylic acids is 1. The van der Waals surface area contributed by atoms with Gasteiger partial charge in [0, 0.05) is 4.47 Å². The van der Waals surface area contributed by atoms with Gasteiger partial charge in [-0.3, -0.25) is 4.79 Å². The molecule has 1 N–H and O–H groups in total. The number of nitrogens with one attached hydrogen (secondary N) is 1. The number of benzene rings is 3. The first kappa shape index (κ1) is 21.2. The predicted molar refractivity (Wildman–Crippen MR) is 129 cm³/mol. The van der Waals surface area contributed by atoms with Crippen molar-refractivity contribution < 1.29 is 14.3 Å². The predicted octanol–water partition coefficient (Wildman–Crippen LogP) is 5.93. The van der Waals surface area contributed by atoms with Gasteiger partial charge in [-0.15, -0.1) is 0 Å². The third-order valence-electron chi connectivity index (χ3n) is 4.43. The van der Waals surface area contributed by atoms with Gasteiger partial charge >= 0.3 is 0 Å². The normalized spacial score (nSPS) is 15.9. The van der Waals surface area contributed by atoms with Crippen molar-refractivity contribution in [3.8, 4) is 11.5 Å². The van der Waals surface area contributed by atoms with Crippen LogP contribution in [0.4, 0.5) is 5.69 Å². The van der Waals surface area contributed by atoms with E-state index in [1.807, 2.05) is 78.9 Å². The summed E-state index contributed by atoms with van der Waals surface area (Å²) in [6.07, 6.45) is 1.82. The maximum atomic E-state index is 12.4. The van der Waals surface area contributed by atoms with E-state index in [2.05, 4.69) is 26.2 Å². The van der Waals surface area contributed by atoms with Crippen LogP contribution in [-0.4, -0.2) is 18.2 Å². The van der Waals surface area contributed by atoms with E-state index in [-0.39, 0.29) is 5.91 Å². The Labute approximate surface area is 193 Å². The van der Waals surface area contributed by atoms with Crippen LogP contribution in [0.2, 0.25) is 0 Å². The molecule has 0 unspecified atom stereocenters. The second-order valence-corrected chi connectivity index (χ2v) is 8.59. The second kappa shape index (κ2) is 9.85. The van der Waals surface area contributed by atoms with Gasteiger partial charge in [-0.05, 0) is 65.4 Å². The van der Waals surface area contributed by atoms with Gasteiger partial charge in [0.05, 0.1) is 17.7 Å². The fourth-order valence-corrected chi connectivity index (χ4v) is 4.00. The number of nitrogens with zero attached hydrogens (tertiary/aromatic N) is 1. The quantitative estimate of drug-likeness (QED) is 0.431. The van der Waals surface area contributed by atoms with E-state index < -0.39 is 0 Å². The zero-order valence-corrected chi connectivity index (χ0v) is 19.1. The molecule has 7 heteroatoms. The summed E-state index contributed by atoms with van der Waals surface area (Å²) < 4.78 is 12.4. The van der Waals surface area contributed by atoms with Gasteiger partial charge in [-0.2, -0.15) is 0 Å². The summed E-state index contributed by atoms with van der Waals surface area (Å²) in [5, 5.41) is 3.36. The Morgan fingerprint density at radius 3 is 2.55 bits per heavy atom. The monoisotopic (exact) mass is 494 g/mol. The topological polar surface area (TPSA) is 59.9 Å². The van der Waals surface area contributed by atoms with Gasteiger partial charge in [0.2, 0.25) is 0 Å². The molecule has 0 aliphatic carbocycles. The van der Waals surface area contributed by atoms with E-state index in [9.17, 15) is 4.79 Å². The Morgan fingerprint density at radius 1 is 1.03 bits per heavy atom. The van der Waals surface area contributed by atoms with Crippen molar-refractivity contribution in [3.05, 3.63) is 93.3 Å². The average molecular weight is 495 g/mol. The SMILES string of the molecule is COc1ccc(/C=C2/SC(=Nc3ccc(Br)cc3)NC2=O)cc1OCc1ccccc1. The highest BCUT2D eigenvalue weighted by Crippen LogP contribution is 2.32. The molecule has 0 bridgehead atoms. The molecular formula is C24H19BrN2O3S. The number of aliphatic imine (C=N–C) groups is 1. The summed E-state index contributed by atoms with van der Waals surface area (Å²) in [4.78, 5) is 17.5. The molecule has 31 heavy (non-hydrogen) atoms. The van der Waals surface area contributed by atoms with E-state index in [0.29, 0.717) is 28.2 Å².